The van der Waals surface area contributed by atoms with Crippen LogP contribution in [0.25, 0.3) is 16.8 Å². The summed E-state index contributed by atoms with van der Waals surface area (Å²) in [6.07, 6.45) is 0.866. The van der Waals surface area contributed by atoms with Crippen LogP contribution in [0.4, 0.5) is 0 Å². The molecule has 0 saturated heterocycles. The molecule has 5 heteroatoms. The fourth-order valence-electron chi connectivity index (χ4n) is 2.19. The van der Waals surface area contributed by atoms with Crippen LogP contribution < -0.4 is 4.74 Å². The van der Waals surface area contributed by atoms with Crippen molar-refractivity contribution in [1.82, 2.24) is 9.78 Å². The Bertz CT molecular complexity index is 798. The van der Waals surface area contributed by atoms with Crippen molar-refractivity contribution >= 4 is 5.97 Å². The van der Waals surface area contributed by atoms with Crippen molar-refractivity contribution in [3.8, 4) is 22.7 Å². The van der Waals surface area contributed by atoms with E-state index in [1.807, 2.05) is 66.9 Å². The Morgan fingerprint density at radius 2 is 1.70 bits per heavy atom. The van der Waals surface area contributed by atoms with Crippen LogP contribution in [0, 0.1) is 0 Å². The number of hydrogen-bond donors (Lipinski definition) is 1. The average molecular weight is 308 g/mol. The molecule has 0 aliphatic rings. The third kappa shape index (κ3) is 3.23. The first-order valence-electron chi connectivity index (χ1n) is 7.25. The summed E-state index contributed by atoms with van der Waals surface area (Å²) in [5, 5.41) is 13.5. The van der Waals surface area contributed by atoms with Crippen LogP contribution in [-0.2, 0) is 4.79 Å². The van der Waals surface area contributed by atoms with Crippen molar-refractivity contribution in [2.24, 2.45) is 0 Å². The van der Waals surface area contributed by atoms with Crippen LogP contribution in [0.1, 0.15) is 6.92 Å². The second-order valence-corrected chi connectivity index (χ2v) is 5.09. The molecule has 0 spiro atoms. The monoisotopic (exact) mass is 308 g/mol. The van der Waals surface area contributed by atoms with E-state index in [1.54, 1.807) is 4.68 Å². The number of ether oxygens (including phenoxy) is 1. The van der Waals surface area contributed by atoms with Gasteiger partial charge in [-0.25, -0.2) is 9.48 Å². The summed E-state index contributed by atoms with van der Waals surface area (Å²) in [7, 11) is 0. The third-order valence-corrected chi connectivity index (χ3v) is 3.42. The van der Waals surface area contributed by atoms with E-state index in [0.29, 0.717) is 5.88 Å². The quantitative estimate of drug-likeness (QED) is 0.784. The van der Waals surface area contributed by atoms with Crippen molar-refractivity contribution in [2.45, 2.75) is 13.0 Å². The van der Waals surface area contributed by atoms with E-state index in [2.05, 4.69) is 5.10 Å². The average Bonchev–Trinajstić information content (AvgIpc) is 3.00. The van der Waals surface area contributed by atoms with Gasteiger partial charge >= 0.3 is 5.97 Å². The van der Waals surface area contributed by atoms with Crippen LogP contribution in [0.15, 0.2) is 66.9 Å². The maximum atomic E-state index is 11.1. The Morgan fingerprint density at radius 3 is 2.30 bits per heavy atom. The maximum Gasteiger partial charge on any atom is 0.344 e. The summed E-state index contributed by atoms with van der Waals surface area (Å²) in [6, 6.07) is 19.2. The number of para-hydroxylation sites is 1. The summed E-state index contributed by atoms with van der Waals surface area (Å²) in [5.74, 6) is -0.728. The van der Waals surface area contributed by atoms with E-state index in [-0.39, 0.29) is 0 Å². The molecule has 0 saturated carbocycles. The van der Waals surface area contributed by atoms with E-state index in [9.17, 15) is 4.79 Å². The van der Waals surface area contributed by atoms with E-state index in [4.69, 9.17) is 9.84 Å². The first-order chi connectivity index (χ1) is 11.1. The first kappa shape index (κ1) is 14.8. The van der Waals surface area contributed by atoms with Gasteiger partial charge in [-0.2, -0.15) is 0 Å². The molecule has 2 aromatic carbocycles. The minimum absolute atomic E-state index is 0.301. The summed E-state index contributed by atoms with van der Waals surface area (Å²) in [4.78, 5) is 11.1. The number of aliphatic carboxylic acids is 1. The fourth-order valence-corrected chi connectivity index (χ4v) is 2.19. The van der Waals surface area contributed by atoms with Crippen LogP contribution in [-0.4, -0.2) is 27.0 Å². The molecule has 0 fully saturated rings. The zero-order valence-corrected chi connectivity index (χ0v) is 12.6. The molecule has 1 atom stereocenters. The highest BCUT2D eigenvalue weighted by Gasteiger charge is 2.19. The molecule has 1 unspecified atom stereocenters. The number of benzene rings is 2. The lowest BCUT2D eigenvalue weighted by Gasteiger charge is -2.09. The molecule has 0 aliphatic heterocycles. The molecule has 0 bridgehead atoms. The first-order valence-corrected chi connectivity index (χ1v) is 7.25. The zero-order valence-electron chi connectivity index (χ0n) is 12.6. The van der Waals surface area contributed by atoms with Crippen molar-refractivity contribution in [1.29, 1.82) is 0 Å². The number of aromatic nitrogens is 2. The highest BCUT2D eigenvalue weighted by atomic mass is 16.5. The molecule has 1 heterocycles. The van der Waals surface area contributed by atoms with Gasteiger partial charge in [-0.1, -0.05) is 48.5 Å². The lowest BCUT2D eigenvalue weighted by molar-refractivity contribution is -0.144. The van der Waals surface area contributed by atoms with Gasteiger partial charge in [0.2, 0.25) is 5.88 Å². The molecule has 1 aromatic heterocycles. The predicted octanol–water partition coefficient (Wildman–Crippen LogP) is 3.39. The lowest BCUT2D eigenvalue weighted by atomic mass is 10.1. The summed E-state index contributed by atoms with van der Waals surface area (Å²) in [6.45, 7) is 1.48. The summed E-state index contributed by atoms with van der Waals surface area (Å²) in [5.41, 5.74) is 2.55. The van der Waals surface area contributed by atoms with E-state index < -0.39 is 12.1 Å². The highest BCUT2D eigenvalue weighted by Crippen LogP contribution is 2.30. The summed E-state index contributed by atoms with van der Waals surface area (Å²) >= 11 is 0. The van der Waals surface area contributed by atoms with Crippen LogP contribution in [0.3, 0.4) is 0 Å². The number of hydrogen-bond acceptors (Lipinski definition) is 3. The molecule has 0 radical (unpaired) electrons. The van der Waals surface area contributed by atoms with Gasteiger partial charge < -0.3 is 9.84 Å². The molecule has 5 nitrogen and oxygen atoms in total. The Morgan fingerprint density at radius 1 is 1.09 bits per heavy atom. The smallest absolute Gasteiger partial charge is 0.344 e. The number of carboxylic acids is 1. The normalized spacial score (nSPS) is 11.9. The van der Waals surface area contributed by atoms with E-state index in [0.717, 1.165) is 16.8 Å². The molecule has 0 amide bonds. The van der Waals surface area contributed by atoms with Crippen LogP contribution in [0.5, 0.6) is 5.88 Å². The molecular weight excluding hydrogens is 292 g/mol. The molecule has 116 valence electrons. The number of carboxylic acid groups (broad SMARTS) is 1. The number of rotatable bonds is 5. The Labute approximate surface area is 133 Å². The maximum absolute atomic E-state index is 11.1. The van der Waals surface area contributed by atoms with Crippen molar-refractivity contribution < 1.29 is 14.6 Å². The zero-order chi connectivity index (χ0) is 16.2. The number of nitrogens with zero attached hydrogens (tertiary/aromatic N) is 2. The van der Waals surface area contributed by atoms with Gasteiger partial charge in [0.25, 0.3) is 0 Å². The molecule has 3 rings (SSSR count). The Hall–Kier alpha value is -3.08. The van der Waals surface area contributed by atoms with Gasteiger partial charge in [0.15, 0.2) is 6.10 Å². The highest BCUT2D eigenvalue weighted by molar-refractivity contribution is 5.73. The second kappa shape index (κ2) is 6.36. The Kier molecular flexibility index (Phi) is 4.10. The Balaban J connectivity index is 2.05. The summed E-state index contributed by atoms with van der Waals surface area (Å²) < 4.78 is 7.22. The van der Waals surface area contributed by atoms with E-state index >= 15 is 0 Å². The van der Waals surface area contributed by atoms with Crippen molar-refractivity contribution in [3.05, 3.63) is 66.9 Å². The fraction of sp³-hybridized carbons (Fsp3) is 0.111. The standard InChI is InChI=1S/C18H16N2O3/c1-13(18(21)22)23-17-16(14-8-4-2-5-9-14)12-20(19-17)15-10-6-3-7-11-15/h2-13H,1H3,(H,21,22). The topological polar surface area (TPSA) is 64.4 Å². The van der Waals surface area contributed by atoms with Crippen LogP contribution in [0.2, 0.25) is 0 Å². The van der Waals surface area contributed by atoms with Gasteiger partial charge in [0.1, 0.15) is 0 Å². The number of carbonyl (C=O) groups is 1. The molecule has 23 heavy (non-hydrogen) atoms. The predicted molar refractivity (Wildman–Crippen MR) is 86.7 cm³/mol. The largest absolute Gasteiger partial charge is 0.479 e. The van der Waals surface area contributed by atoms with Crippen molar-refractivity contribution in [3.63, 3.8) is 0 Å². The third-order valence-electron chi connectivity index (χ3n) is 3.42. The SMILES string of the molecule is CC(Oc1nn(-c2ccccc2)cc1-c1ccccc1)C(=O)O. The minimum Gasteiger partial charge on any atom is -0.479 e. The van der Waals surface area contributed by atoms with Gasteiger partial charge in [0.05, 0.1) is 11.3 Å². The lowest BCUT2D eigenvalue weighted by Crippen LogP contribution is -2.23. The van der Waals surface area contributed by atoms with Gasteiger partial charge in [-0.3, -0.25) is 0 Å². The second-order valence-electron chi connectivity index (χ2n) is 5.09. The van der Waals surface area contributed by atoms with Crippen molar-refractivity contribution in [2.75, 3.05) is 0 Å². The van der Waals surface area contributed by atoms with Gasteiger partial charge in [0, 0.05) is 6.20 Å². The van der Waals surface area contributed by atoms with Crippen LogP contribution >= 0.6 is 0 Å². The molecular formula is C18H16N2O3. The van der Waals surface area contributed by atoms with Gasteiger partial charge in [-0.05, 0) is 24.6 Å². The van der Waals surface area contributed by atoms with Gasteiger partial charge in [-0.15, -0.1) is 5.10 Å². The molecule has 0 aliphatic carbocycles. The minimum atomic E-state index is -1.03. The molecule has 3 aromatic rings. The molecule has 1 N–H and O–H groups in total. The van der Waals surface area contributed by atoms with E-state index in [1.165, 1.54) is 6.92 Å².